The van der Waals surface area contributed by atoms with Gasteiger partial charge in [0.05, 0.1) is 12.8 Å². The van der Waals surface area contributed by atoms with Crippen molar-refractivity contribution in [3.8, 4) is 17.0 Å². The molecule has 0 aliphatic rings. The first kappa shape index (κ1) is 18.5. The van der Waals surface area contributed by atoms with Crippen molar-refractivity contribution in [3.63, 3.8) is 0 Å². The molecule has 146 valence electrons. The first-order valence-corrected chi connectivity index (χ1v) is 9.10. The van der Waals surface area contributed by atoms with E-state index in [0.29, 0.717) is 17.9 Å². The highest BCUT2D eigenvalue weighted by molar-refractivity contribution is 5.90. The van der Waals surface area contributed by atoms with E-state index in [4.69, 9.17) is 4.74 Å². The molecule has 0 aliphatic carbocycles. The van der Waals surface area contributed by atoms with Gasteiger partial charge in [-0.05, 0) is 43.2 Å². The summed E-state index contributed by atoms with van der Waals surface area (Å²) in [6.45, 7) is 4.29. The van der Waals surface area contributed by atoms with Crippen LogP contribution in [0.3, 0.4) is 0 Å². The zero-order valence-corrected chi connectivity index (χ0v) is 16.4. The Balaban J connectivity index is 1.47. The second kappa shape index (κ2) is 7.67. The number of hydrogen-bond acceptors (Lipinski definition) is 6. The van der Waals surface area contributed by atoms with Crippen LogP contribution < -0.4 is 10.1 Å². The second-order valence-electron chi connectivity index (χ2n) is 6.68. The zero-order chi connectivity index (χ0) is 20.4. The lowest BCUT2D eigenvalue weighted by molar-refractivity contribution is 0.0940. The molecule has 1 amide bonds. The van der Waals surface area contributed by atoms with Gasteiger partial charge in [0.2, 0.25) is 5.82 Å². The summed E-state index contributed by atoms with van der Waals surface area (Å²) in [6.07, 6.45) is 5.24. The van der Waals surface area contributed by atoms with E-state index in [0.717, 1.165) is 28.1 Å². The maximum absolute atomic E-state index is 12.4. The van der Waals surface area contributed by atoms with Gasteiger partial charge in [-0.2, -0.15) is 0 Å². The Morgan fingerprint density at radius 2 is 2.03 bits per heavy atom. The fourth-order valence-electron chi connectivity index (χ4n) is 3.07. The maximum atomic E-state index is 12.4. The smallest absolute Gasteiger partial charge is 0.291 e. The Labute approximate surface area is 167 Å². The lowest BCUT2D eigenvalue weighted by Crippen LogP contribution is -2.24. The highest BCUT2D eigenvalue weighted by Gasteiger charge is 2.13. The summed E-state index contributed by atoms with van der Waals surface area (Å²) >= 11 is 0. The molecule has 29 heavy (non-hydrogen) atoms. The minimum Gasteiger partial charge on any atom is -0.497 e. The zero-order valence-electron chi connectivity index (χ0n) is 16.4. The topological polar surface area (TPSA) is 94.3 Å². The highest BCUT2D eigenvalue weighted by Crippen LogP contribution is 2.21. The van der Waals surface area contributed by atoms with Crippen molar-refractivity contribution in [2.24, 2.45) is 0 Å². The van der Waals surface area contributed by atoms with Gasteiger partial charge in [0, 0.05) is 42.5 Å². The molecule has 0 aliphatic heterocycles. The molecule has 0 unspecified atom stereocenters. The van der Waals surface area contributed by atoms with Crippen LogP contribution >= 0.6 is 0 Å². The molecule has 8 heteroatoms. The normalized spacial score (nSPS) is 10.9. The monoisotopic (exact) mass is 388 g/mol. The second-order valence-corrected chi connectivity index (χ2v) is 6.68. The van der Waals surface area contributed by atoms with E-state index in [1.54, 1.807) is 37.8 Å². The molecule has 4 rings (SSSR count). The quantitative estimate of drug-likeness (QED) is 0.565. The van der Waals surface area contributed by atoms with Gasteiger partial charge in [0.25, 0.3) is 5.91 Å². The van der Waals surface area contributed by atoms with Crippen LogP contribution in [-0.4, -0.2) is 37.6 Å². The standard InChI is InChI=1S/C21H20N6O2/c1-13-8-15(11-23-19(13)16-4-6-22-14(2)9-16)12-24-21(28)20-25-18-10-17(29-3)5-7-27(18)26-20/h4-11H,12H2,1-3H3,(H,24,28). The number of carbonyl (C=O) groups excluding carboxylic acids is 1. The molecular formula is C21H20N6O2. The third-order valence-electron chi connectivity index (χ3n) is 4.51. The fourth-order valence-corrected chi connectivity index (χ4v) is 3.07. The molecule has 0 saturated carbocycles. The largest absolute Gasteiger partial charge is 0.497 e. The van der Waals surface area contributed by atoms with Gasteiger partial charge in [-0.3, -0.25) is 14.8 Å². The van der Waals surface area contributed by atoms with E-state index in [9.17, 15) is 4.79 Å². The molecule has 4 aromatic rings. The number of aryl methyl sites for hydroxylation is 2. The Morgan fingerprint density at radius 3 is 2.79 bits per heavy atom. The number of carbonyl (C=O) groups is 1. The molecule has 0 radical (unpaired) electrons. The van der Waals surface area contributed by atoms with Gasteiger partial charge >= 0.3 is 0 Å². The number of nitrogens with one attached hydrogen (secondary N) is 1. The van der Waals surface area contributed by atoms with Crippen molar-refractivity contribution >= 4 is 11.6 Å². The third-order valence-corrected chi connectivity index (χ3v) is 4.51. The van der Waals surface area contributed by atoms with Gasteiger partial charge in [-0.1, -0.05) is 6.07 Å². The molecule has 0 saturated heterocycles. The van der Waals surface area contributed by atoms with Crippen LogP contribution in [0.1, 0.15) is 27.4 Å². The number of rotatable bonds is 5. The van der Waals surface area contributed by atoms with Crippen molar-refractivity contribution in [1.29, 1.82) is 0 Å². The van der Waals surface area contributed by atoms with Gasteiger partial charge < -0.3 is 10.1 Å². The van der Waals surface area contributed by atoms with Crippen LogP contribution in [0.25, 0.3) is 16.9 Å². The molecule has 4 heterocycles. The Morgan fingerprint density at radius 1 is 1.17 bits per heavy atom. The van der Waals surface area contributed by atoms with E-state index in [1.807, 2.05) is 32.0 Å². The minimum absolute atomic E-state index is 0.104. The van der Waals surface area contributed by atoms with Crippen LogP contribution in [0.4, 0.5) is 0 Å². The van der Waals surface area contributed by atoms with E-state index in [2.05, 4.69) is 25.4 Å². The van der Waals surface area contributed by atoms with Gasteiger partial charge in [-0.25, -0.2) is 9.50 Å². The Kier molecular flexibility index (Phi) is 4.90. The first-order valence-electron chi connectivity index (χ1n) is 9.10. The molecule has 1 N–H and O–H groups in total. The number of pyridine rings is 3. The molecular weight excluding hydrogens is 368 g/mol. The molecule has 0 aromatic carbocycles. The van der Waals surface area contributed by atoms with Crippen molar-refractivity contribution in [3.05, 3.63) is 71.6 Å². The summed E-state index contributed by atoms with van der Waals surface area (Å²) in [6, 6.07) is 9.43. The average molecular weight is 388 g/mol. The van der Waals surface area contributed by atoms with Gasteiger partial charge in [0.1, 0.15) is 5.75 Å². The molecule has 8 nitrogen and oxygen atoms in total. The van der Waals surface area contributed by atoms with Crippen molar-refractivity contribution in [2.45, 2.75) is 20.4 Å². The summed E-state index contributed by atoms with van der Waals surface area (Å²) in [4.78, 5) is 25.5. The van der Waals surface area contributed by atoms with Crippen LogP contribution in [-0.2, 0) is 6.54 Å². The van der Waals surface area contributed by atoms with E-state index < -0.39 is 0 Å². The van der Waals surface area contributed by atoms with Gasteiger partial charge in [0.15, 0.2) is 5.65 Å². The number of methoxy groups -OCH3 is 1. The van der Waals surface area contributed by atoms with Crippen LogP contribution in [0.2, 0.25) is 0 Å². The summed E-state index contributed by atoms with van der Waals surface area (Å²) in [5.74, 6) is 0.411. The Hall–Kier alpha value is -3.81. The lowest BCUT2D eigenvalue weighted by Gasteiger charge is -2.09. The molecule has 0 fully saturated rings. The number of aromatic nitrogens is 5. The molecule has 0 atom stereocenters. The number of amides is 1. The fraction of sp³-hybridized carbons (Fsp3) is 0.190. The summed E-state index contributed by atoms with van der Waals surface area (Å²) in [5.41, 5.74) is 5.34. The van der Waals surface area contributed by atoms with Crippen LogP contribution in [0.5, 0.6) is 5.75 Å². The third kappa shape index (κ3) is 3.91. The average Bonchev–Trinajstić information content (AvgIpc) is 3.15. The minimum atomic E-state index is -0.348. The van der Waals surface area contributed by atoms with E-state index >= 15 is 0 Å². The summed E-state index contributed by atoms with van der Waals surface area (Å²) in [7, 11) is 1.58. The van der Waals surface area contributed by atoms with Crippen LogP contribution in [0.15, 0.2) is 48.9 Å². The SMILES string of the molecule is COc1ccn2nc(C(=O)NCc3cnc(-c4ccnc(C)c4)c(C)c3)nc2c1. The number of ether oxygens (including phenoxy) is 1. The van der Waals surface area contributed by atoms with Crippen molar-refractivity contribution in [1.82, 2.24) is 29.9 Å². The first-order chi connectivity index (χ1) is 14.0. The van der Waals surface area contributed by atoms with Crippen molar-refractivity contribution in [2.75, 3.05) is 7.11 Å². The van der Waals surface area contributed by atoms with Gasteiger partial charge in [-0.15, -0.1) is 5.10 Å². The Bertz CT molecular complexity index is 1200. The predicted molar refractivity (Wildman–Crippen MR) is 108 cm³/mol. The molecule has 0 spiro atoms. The summed E-state index contributed by atoms with van der Waals surface area (Å²) in [5, 5.41) is 7.04. The van der Waals surface area contributed by atoms with Crippen molar-refractivity contribution < 1.29 is 9.53 Å². The number of hydrogen-bond donors (Lipinski definition) is 1. The molecule has 0 bridgehead atoms. The molecule has 4 aromatic heterocycles. The van der Waals surface area contributed by atoms with Crippen LogP contribution in [0, 0.1) is 13.8 Å². The highest BCUT2D eigenvalue weighted by atomic mass is 16.5. The van der Waals surface area contributed by atoms with E-state index in [1.165, 1.54) is 4.52 Å². The number of fused-ring (bicyclic) bond motifs is 1. The lowest BCUT2D eigenvalue weighted by atomic mass is 10.1. The summed E-state index contributed by atoms with van der Waals surface area (Å²) < 4.78 is 6.70. The predicted octanol–water partition coefficient (Wildman–Crippen LogP) is 2.74. The van der Waals surface area contributed by atoms with E-state index in [-0.39, 0.29) is 11.7 Å². The number of nitrogens with zero attached hydrogens (tertiary/aromatic N) is 5. The maximum Gasteiger partial charge on any atom is 0.291 e.